The molecule has 3 nitrogen and oxygen atoms in total. The summed E-state index contributed by atoms with van der Waals surface area (Å²) >= 11 is 0. The fourth-order valence-electron chi connectivity index (χ4n) is 1.28. The number of pyridine rings is 1. The first-order chi connectivity index (χ1) is 6.61. The topological polar surface area (TPSA) is 42.4 Å². The maximum Gasteiger partial charge on any atom is 0.266 e. The monoisotopic (exact) mass is 203 g/mol. The van der Waals surface area contributed by atoms with E-state index in [-0.39, 0.29) is 22.6 Å². The van der Waals surface area contributed by atoms with E-state index in [2.05, 4.69) is 4.98 Å². The van der Waals surface area contributed by atoms with Crippen molar-refractivity contribution < 1.29 is 18.6 Å². The van der Waals surface area contributed by atoms with Gasteiger partial charge in [0.1, 0.15) is 5.75 Å². The van der Waals surface area contributed by atoms with Gasteiger partial charge in [-0.2, -0.15) is 0 Å². The molecule has 0 saturated heterocycles. The number of hydrogen-bond donors (Lipinski definition) is 1. The number of hydrogen-bond acceptors (Lipinski definition) is 3. The molecule has 0 unspecified atom stereocenters. The van der Waals surface area contributed by atoms with Gasteiger partial charge in [-0.05, 0) is 6.92 Å². The van der Waals surface area contributed by atoms with E-state index in [0.29, 0.717) is 0 Å². The Balaban J connectivity index is 3.35. The standard InChI is InChI=1S/C9H11F2NO2/c1-5-8(9(10)11)6(4-13)7(14-2)3-12-5/h3,9,13H,4H2,1-2H3. The van der Waals surface area contributed by atoms with Crippen molar-refractivity contribution >= 4 is 0 Å². The van der Waals surface area contributed by atoms with Crippen molar-refractivity contribution in [2.24, 2.45) is 0 Å². The molecule has 1 aromatic rings. The van der Waals surface area contributed by atoms with Crippen LogP contribution in [0.5, 0.6) is 5.75 Å². The fourth-order valence-corrected chi connectivity index (χ4v) is 1.28. The Kier molecular flexibility index (Phi) is 3.35. The van der Waals surface area contributed by atoms with E-state index in [9.17, 15) is 8.78 Å². The van der Waals surface area contributed by atoms with Gasteiger partial charge < -0.3 is 9.84 Å². The van der Waals surface area contributed by atoms with Gasteiger partial charge in [0.05, 0.1) is 19.9 Å². The molecule has 0 fully saturated rings. The van der Waals surface area contributed by atoms with Gasteiger partial charge in [0.2, 0.25) is 0 Å². The van der Waals surface area contributed by atoms with Crippen molar-refractivity contribution in [2.75, 3.05) is 7.11 Å². The van der Waals surface area contributed by atoms with Crippen LogP contribution in [-0.4, -0.2) is 17.2 Å². The number of aryl methyl sites for hydroxylation is 1. The number of alkyl halides is 2. The van der Waals surface area contributed by atoms with Crippen molar-refractivity contribution in [3.63, 3.8) is 0 Å². The van der Waals surface area contributed by atoms with E-state index in [1.807, 2.05) is 0 Å². The highest BCUT2D eigenvalue weighted by Crippen LogP contribution is 2.31. The predicted octanol–water partition coefficient (Wildman–Crippen LogP) is 1.83. The zero-order chi connectivity index (χ0) is 10.7. The minimum Gasteiger partial charge on any atom is -0.495 e. The van der Waals surface area contributed by atoms with Crippen LogP contribution >= 0.6 is 0 Å². The molecule has 0 radical (unpaired) electrons. The molecule has 0 amide bonds. The van der Waals surface area contributed by atoms with Crippen LogP contribution in [-0.2, 0) is 6.61 Å². The van der Waals surface area contributed by atoms with E-state index in [1.165, 1.54) is 20.2 Å². The lowest BCUT2D eigenvalue weighted by molar-refractivity contribution is 0.144. The summed E-state index contributed by atoms with van der Waals surface area (Å²) in [6, 6.07) is 0. The normalized spacial score (nSPS) is 10.7. The lowest BCUT2D eigenvalue weighted by Gasteiger charge is -2.12. The lowest BCUT2D eigenvalue weighted by Crippen LogP contribution is -2.03. The molecule has 0 aliphatic carbocycles. The molecule has 0 atom stereocenters. The maximum atomic E-state index is 12.6. The largest absolute Gasteiger partial charge is 0.495 e. The molecule has 5 heteroatoms. The zero-order valence-corrected chi connectivity index (χ0v) is 7.92. The number of ether oxygens (including phenoxy) is 1. The van der Waals surface area contributed by atoms with Crippen molar-refractivity contribution in [3.8, 4) is 5.75 Å². The molecule has 1 aromatic heterocycles. The second-order valence-electron chi connectivity index (χ2n) is 2.76. The van der Waals surface area contributed by atoms with Crippen LogP contribution in [0.1, 0.15) is 23.2 Å². The molecule has 0 bridgehead atoms. The van der Waals surface area contributed by atoms with Gasteiger partial charge in [-0.3, -0.25) is 4.98 Å². The quantitative estimate of drug-likeness (QED) is 0.814. The van der Waals surface area contributed by atoms with Crippen LogP contribution in [0.25, 0.3) is 0 Å². The van der Waals surface area contributed by atoms with Gasteiger partial charge >= 0.3 is 0 Å². The van der Waals surface area contributed by atoms with Crippen molar-refractivity contribution in [3.05, 3.63) is 23.0 Å². The fraction of sp³-hybridized carbons (Fsp3) is 0.444. The Morgan fingerprint density at radius 2 is 2.21 bits per heavy atom. The molecule has 1 rings (SSSR count). The summed E-state index contributed by atoms with van der Waals surface area (Å²) in [5, 5.41) is 8.96. The summed E-state index contributed by atoms with van der Waals surface area (Å²) < 4.78 is 30.0. The predicted molar refractivity (Wildman–Crippen MR) is 46.4 cm³/mol. The first-order valence-electron chi connectivity index (χ1n) is 4.03. The van der Waals surface area contributed by atoms with E-state index >= 15 is 0 Å². The third kappa shape index (κ3) is 1.82. The molecule has 0 saturated carbocycles. The van der Waals surface area contributed by atoms with Gasteiger partial charge in [0.15, 0.2) is 0 Å². The minimum absolute atomic E-state index is 0.106. The second-order valence-corrected chi connectivity index (χ2v) is 2.76. The molecule has 1 heterocycles. The number of aliphatic hydroxyl groups excluding tert-OH is 1. The van der Waals surface area contributed by atoms with Crippen LogP contribution in [0.4, 0.5) is 8.78 Å². The maximum absolute atomic E-state index is 12.6. The number of aliphatic hydroxyl groups is 1. The minimum atomic E-state index is -2.65. The van der Waals surface area contributed by atoms with Crippen molar-refractivity contribution in [1.29, 1.82) is 0 Å². The number of halogens is 2. The Morgan fingerprint density at radius 3 is 2.64 bits per heavy atom. The highest BCUT2D eigenvalue weighted by atomic mass is 19.3. The zero-order valence-electron chi connectivity index (χ0n) is 7.92. The highest BCUT2D eigenvalue weighted by Gasteiger charge is 2.19. The van der Waals surface area contributed by atoms with Gasteiger partial charge in [-0.15, -0.1) is 0 Å². The summed E-state index contributed by atoms with van der Waals surface area (Å²) in [6.45, 7) is 0.992. The Bertz CT molecular complexity index is 329. The van der Waals surface area contributed by atoms with Gasteiger partial charge in [0.25, 0.3) is 6.43 Å². The molecule has 0 spiro atoms. The van der Waals surface area contributed by atoms with Crippen LogP contribution in [0, 0.1) is 6.92 Å². The first kappa shape index (κ1) is 10.8. The van der Waals surface area contributed by atoms with E-state index < -0.39 is 13.0 Å². The molecule has 0 aliphatic rings. The van der Waals surface area contributed by atoms with Crippen LogP contribution < -0.4 is 4.74 Å². The van der Waals surface area contributed by atoms with E-state index in [0.717, 1.165) is 0 Å². The van der Waals surface area contributed by atoms with Gasteiger partial charge in [0, 0.05) is 16.8 Å². The molecular formula is C9H11F2NO2. The Labute approximate surface area is 80.3 Å². The summed E-state index contributed by atoms with van der Waals surface area (Å²) in [5.74, 6) is 0.188. The summed E-state index contributed by atoms with van der Waals surface area (Å²) in [4.78, 5) is 3.76. The number of nitrogens with zero attached hydrogens (tertiary/aromatic N) is 1. The highest BCUT2D eigenvalue weighted by molar-refractivity contribution is 5.40. The third-order valence-electron chi connectivity index (χ3n) is 1.98. The van der Waals surface area contributed by atoms with Crippen molar-refractivity contribution in [1.82, 2.24) is 4.98 Å². The number of methoxy groups -OCH3 is 1. The number of rotatable bonds is 3. The van der Waals surface area contributed by atoms with Gasteiger partial charge in [-0.25, -0.2) is 8.78 Å². The Morgan fingerprint density at radius 1 is 1.57 bits per heavy atom. The lowest BCUT2D eigenvalue weighted by atomic mass is 10.1. The average Bonchev–Trinajstić information content (AvgIpc) is 2.16. The summed E-state index contributed by atoms with van der Waals surface area (Å²) in [7, 11) is 1.35. The third-order valence-corrected chi connectivity index (χ3v) is 1.98. The SMILES string of the molecule is COc1cnc(C)c(C(F)F)c1CO. The molecule has 0 aromatic carbocycles. The van der Waals surface area contributed by atoms with Crippen LogP contribution in [0.2, 0.25) is 0 Å². The van der Waals surface area contributed by atoms with Crippen molar-refractivity contribution in [2.45, 2.75) is 20.0 Å². The second kappa shape index (κ2) is 4.32. The van der Waals surface area contributed by atoms with E-state index in [1.54, 1.807) is 0 Å². The van der Waals surface area contributed by atoms with Crippen LogP contribution in [0.15, 0.2) is 6.20 Å². The molecule has 1 N–H and O–H groups in total. The average molecular weight is 203 g/mol. The number of aromatic nitrogens is 1. The molecule has 0 aliphatic heterocycles. The molecule has 78 valence electrons. The summed E-state index contributed by atoms with van der Waals surface area (Å²) in [6.07, 6.45) is -1.33. The smallest absolute Gasteiger partial charge is 0.266 e. The Hall–Kier alpha value is -1.23. The van der Waals surface area contributed by atoms with Crippen LogP contribution in [0.3, 0.4) is 0 Å². The first-order valence-corrected chi connectivity index (χ1v) is 4.03. The summed E-state index contributed by atoms with van der Waals surface area (Å²) in [5.41, 5.74) is 0.0756. The van der Waals surface area contributed by atoms with E-state index in [4.69, 9.17) is 9.84 Å². The molecule has 14 heavy (non-hydrogen) atoms. The van der Waals surface area contributed by atoms with Gasteiger partial charge in [-0.1, -0.05) is 0 Å². The molecular weight excluding hydrogens is 192 g/mol.